The fourth-order valence-electron chi connectivity index (χ4n) is 2.66. The quantitative estimate of drug-likeness (QED) is 0.702. The molecule has 25 heavy (non-hydrogen) atoms. The molecule has 0 bridgehead atoms. The molecule has 5 nitrogen and oxygen atoms in total. The van der Waals surface area contributed by atoms with Gasteiger partial charge in [0.1, 0.15) is 11.8 Å². The molecule has 0 saturated carbocycles. The van der Waals surface area contributed by atoms with Crippen LogP contribution in [0, 0.1) is 0 Å². The number of aromatic nitrogens is 3. The van der Waals surface area contributed by atoms with Crippen molar-refractivity contribution in [2.75, 3.05) is 18.7 Å². The molecule has 0 N–H and O–H groups in total. The van der Waals surface area contributed by atoms with Crippen molar-refractivity contribution in [2.45, 2.75) is 9.92 Å². The van der Waals surface area contributed by atoms with Crippen LogP contribution in [0.25, 0.3) is 12.2 Å². The molecule has 0 saturated heterocycles. The van der Waals surface area contributed by atoms with E-state index < -0.39 is 0 Å². The van der Waals surface area contributed by atoms with Crippen molar-refractivity contribution >= 4 is 35.4 Å². The van der Waals surface area contributed by atoms with E-state index in [1.54, 1.807) is 43.7 Å². The number of rotatable bonds is 4. The van der Waals surface area contributed by atoms with Crippen molar-refractivity contribution in [1.29, 1.82) is 0 Å². The predicted octanol–water partition coefficient (Wildman–Crippen LogP) is 4.25. The first-order valence-electron chi connectivity index (χ1n) is 7.82. The maximum atomic E-state index is 5.39. The molecule has 1 aromatic carbocycles. The van der Waals surface area contributed by atoms with Gasteiger partial charge in [0.2, 0.25) is 0 Å². The molecule has 3 heterocycles. The number of nitrogens with zero attached hydrogens (tertiary/aromatic N) is 4. The van der Waals surface area contributed by atoms with E-state index in [9.17, 15) is 0 Å². The third-order valence-corrected chi connectivity index (χ3v) is 4.86. The minimum absolute atomic E-state index is 0.427. The highest BCUT2D eigenvalue weighted by atomic mass is 32.2. The topological polar surface area (TPSA) is 51.1 Å². The number of fused-ring (bicyclic) bond motifs is 2. The Balaban J connectivity index is 1.70. The van der Waals surface area contributed by atoms with E-state index in [0.29, 0.717) is 6.73 Å². The van der Waals surface area contributed by atoms with E-state index in [1.807, 2.05) is 12.1 Å². The molecule has 1 aliphatic rings. The van der Waals surface area contributed by atoms with Crippen LogP contribution in [0.1, 0.15) is 11.1 Å². The summed E-state index contributed by atoms with van der Waals surface area (Å²) in [4.78, 5) is 16.1. The first-order chi connectivity index (χ1) is 12.3. The van der Waals surface area contributed by atoms with E-state index in [-0.39, 0.29) is 0 Å². The summed E-state index contributed by atoms with van der Waals surface area (Å²) >= 11 is 1.63. The Morgan fingerprint density at radius 1 is 1.00 bits per heavy atom. The molecule has 0 fully saturated rings. The Kier molecular flexibility index (Phi) is 4.45. The number of pyridine rings is 1. The zero-order chi connectivity index (χ0) is 17.1. The van der Waals surface area contributed by atoms with Crippen LogP contribution in [0.3, 0.4) is 0 Å². The lowest BCUT2D eigenvalue weighted by Gasteiger charge is -2.30. The fourth-order valence-corrected chi connectivity index (χ4v) is 3.64. The summed E-state index contributed by atoms with van der Waals surface area (Å²) in [5.41, 5.74) is 3.31. The van der Waals surface area contributed by atoms with Gasteiger partial charge >= 0.3 is 0 Å². The van der Waals surface area contributed by atoms with Gasteiger partial charge in [0.25, 0.3) is 0 Å². The van der Waals surface area contributed by atoms with Gasteiger partial charge in [-0.2, -0.15) is 0 Å². The number of benzene rings is 1. The monoisotopic (exact) mass is 348 g/mol. The Hall–Kier alpha value is -2.70. The lowest BCUT2D eigenvalue weighted by molar-refractivity contribution is 0.205. The van der Waals surface area contributed by atoms with Crippen LogP contribution in [-0.2, 0) is 4.74 Å². The van der Waals surface area contributed by atoms with E-state index in [2.05, 4.69) is 50.2 Å². The summed E-state index contributed by atoms with van der Waals surface area (Å²) in [6, 6.07) is 10.3. The summed E-state index contributed by atoms with van der Waals surface area (Å²) in [6.07, 6.45) is 11.2. The van der Waals surface area contributed by atoms with Crippen LogP contribution in [0.4, 0.5) is 11.5 Å². The van der Waals surface area contributed by atoms with Crippen molar-refractivity contribution in [3.05, 3.63) is 66.2 Å². The molecule has 0 unspecified atom stereocenters. The SMILES string of the molecule is COCN1c2cc(/C=C/c3ccncc3)ccc2Sc2nccnc21. The molecule has 6 heteroatoms. The maximum absolute atomic E-state index is 5.39. The van der Waals surface area contributed by atoms with E-state index in [1.165, 1.54) is 0 Å². The highest BCUT2D eigenvalue weighted by Crippen LogP contribution is 2.46. The molecule has 124 valence electrons. The van der Waals surface area contributed by atoms with Gasteiger partial charge in [-0.3, -0.25) is 9.88 Å². The molecule has 4 rings (SSSR count). The molecule has 0 radical (unpaired) electrons. The molecule has 2 aromatic heterocycles. The Bertz CT molecular complexity index is 914. The summed E-state index contributed by atoms with van der Waals surface area (Å²) in [7, 11) is 1.69. The van der Waals surface area contributed by atoms with Crippen LogP contribution in [0.15, 0.2) is 65.0 Å². The van der Waals surface area contributed by atoms with Crippen molar-refractivity contribution in [1.82, 2.24) is 15.0 Å². The smallest absolute Gasteiger partial charge is 0.168 e. The Morgan fingerprint density at radius 2 is 1.80 bits per heavy atom. The molecule has 0 spiro atoms. The maximum Gasteiger partial charge on any atom is 0.168 e. The van der Waals surface area contributed by atoms with Crippen molar-refractivity contribution in [3.63, 3.8) is 0 Å². The molecular formula is C19H16N4OS. The highest BCUT2D eigenvalue weighted by molar-refractivity contribution is 7.99. The van der Waals surface area contributed by atoms with Gasteiger partial charge in [0, 0.05) is 36.8 Å². The number of ether oxygens (including phenoxy) is 1. The van der Waals surface area contributed by atoms with Gasteiger partial charge in [-0.25, -0.2) is 9.97 Å². The largest absolute Gasteiger partial charge is 0.364 e. The zero-order valence-corrected chi connectivity index (χ0v) is 14.5. The molecule has 0 atom stereocenters. The second kappa shape index (κ2) is 7.04. The number of hydrogen-bond acceptors (Lipinski definition) is 6. The average molecular weight is 348 g/mol. The van der Waals surface area contributed by atoms with Gasteiger partial charge in [-0.1, -0.05) is 30.0 Å². The van der Waals surface area contributed by atoms with E-state index in [4.69, 9.17) is 4.74 Å². The van der Waals surface area contributed by atoms with Gasteiger partial charge in [0.15, 0.2) is 5.82 Å². The van der Waals surface area contributed by atoms with Crippen LogP contribution in [0.2, 0.25) is 0 Å². The second-order valence-electron chi connectivity index (χ2n) is 5.47. The Labute approximate surface area is 150 Å². The normalized spacial score (nSPS) is 12.9. The van der Waals surface area contributed by atoms with Crippen LogP contribution < -0.4 is 4.90 Å². The third-order valence-electron chi connectivity index (χ3n) is 3.82. The summed E-state index contributed by atoms with van der Waals surface area (Å²) in [5, 5.41) is 0.895. The molecule has 1 aliphatic heterocycles. The van der Waals surface area contributed by atoms with Crippen LogP contribution in [0.5, 0.6) is 0 Å². The molecular weight excluding hydrogens is 332 g/mol. The predicted molar refractivity (Wildman–Crippen MR) is 99.8 cm³/mol. The lowest BCUT2D eigenvalue weighted by atomic mass is 10.1. The first-order valence-corrected chi connectivity index (χ1v) is 8.64. The van der Waals surface area contributed by atoms with E-state index >= 15 is 0 Å². The third kappa shape index (κ3) is 3.26. The minimum Gasteiger partial charge on any atom is -0.364 e. The summed E-state index contributed by atoms with van der Waals surface area (Å²) in [5.74, 6) is 0.831. The minimum atomic E-state index is 0.427. The summed E-state index contributed by atoms with van der Waals surface area (Å²) in [6.45, 7) is 0.427. The van der Waals surface area contributed by atoms with Crippen LogP contribution >= 0.6 is 11.8 Å². The van der Waals surface area contributed by atoms with Crippen molar-refractivity contribution in [2.24, 2.45) is 0 Å². The van der Waals surface area contributed by atoms with Gasteiger partial charge in [-0.05, 0) is 35.4 Å². The number of anilines is 2. The average Bonchev–Trinajstić information content (AvgIpc) is 2.67. The highest BCUT2D eigenvalue weighted by Gasteiger charge is 2.25. The molecule has 0 aliphatic carbocycles. The van der Waals surface area contributed by atoms with Crippen LogP contribution in [-0.4, -0.2) is 28.8 Å². The van der Waals surface area contributed by atoms with Gasteiger partial charge in [0.05, 0.1) is 5.69 Å². The van der Waals surface area contributed by atoms with Crippen molar-refractivity contribution in [3.8, 4) is 0 Å². The number of hydrogen-bond donors (Lipinski definition) is 0. The fraction of sp³-hybridized carbons (Fsp3) is 0.105. The Morgan fingerprint density at radius 3 is 2.64 bits per heavy atom. The van der Waals surface area contributed by atoms with Crippen molar-refractivity contribution < 1.29 is 4.74 Å². The second-order valence-corrected chi connectivity index (χ2v) is 6.50. The van der Waals surface area contributed by atoms with Gasteiger partial charge < -0.3 is 4.74 Å². The zero-order valence-electron chi connectivity index (χ0n) is 13.7. The van der Waals surface area contributed by atoms with Gasteiger partial charge in [-0.15, -0.1) is 0 Å². The number of methoxy groups -OCH3 is 1. The molecule has 3 aromatic rings. The summed E-state index contributed by atoms with van der Waals surface area (Å²) < 4.78 is 5.39. The molecule has 0 amide bonds. The standard InChI is InChI=1S/C19H16N4OS/c1-24-13-23-16-12-15(3-2-14-6-8-20-9-7-14)4-5-17(16)25-19-18(23)21-10-11-22-19/h2-12H,13H2,1H3/b3-2+. The lowest BCUT2D eigenvalue weighted by Crippen LogP contribution is -2.24. The first kappa shape index (κ1) is 15.8. The van der Waals surface area contributed by atoms with E-state index in [0.717, 1.165) is 32.6 Å².